The van der Waals surface area contributed by atoms with Crippen molar-refractivity contribution in [3.63, 3.8) is 0 Å². The molecule has 0 bridgehead atoms. The molecule has 13 heavy (non-hydrogen) atoms. The average Bonchev–Trinajstić information content (AvgIpc) is 2.87. The number of hydrogen-bond acceptors (Lipinski definition) is 1. The molecule has 0 N–H and O–H groups in total. The quantitative estimate of drug-likeness (QED) is 0.467. The van der Waals surface area contributed by atoms with Crippen LogP contribution in [0.1, 0.15) is 64.7 Å². The molecule has 2 aliphatic rings. The third-order valence-electron chi connectivity index (χ3n) is 3.68. The van der Waals surface area contributed by atoms with Gasteiger partial charge < -0.3 is 4.74 Å². The number of hydrogen-bond donors (Lipinski definition) is 0. The van der Waals surface area contributed by atoms with E-state index < -0.39 is 0 Å². The van der Waals surface area contributed by atoms with E-state index in [2.05, 4.69) is 6.92 Å². The molecule has 2 unspecified atom stereocenters. The molecule has 1 aliphatic carbocycles. The topological polar surface area (TPSA) is 12.5 Å². The second-order valence-electron chi connectivity index (χ2n) is 4.73. The van der Waals surface area contributed by atoms with Gasteiger partial charge in [0, 0.05) is 0 Å². The SMILES string of the molecule is CCCCCCC12CCCCC1O2. The Morgan fingerprint density at radius 1 is 1.23 bits per heavy atom. The largest absolute Gasteiger partial charge is 0.366 e. The Hall–Kier alpha value is -0.0400. The van der Waals surface area contributed by atoms with Crippen LogP contribution < -0.4 is 0 Å². The minimum Gasteiger partial charge on any atom is -0.366 e. The van der Waals surface area contributed by atoms with E-state index in [0.29, 0.717) is 11.7 Å². The number of unbranched alkanes of at least 4 members (excludes halogenated alkanes) is 3. The lowest BCUT2D eigenvalue weighted by Gasteiger charge is -2.16. The lowest BCUT2D eigenvalue weighted by atomic mass is 9.85. The van der Waals surface area contributed by atoms with Crippen LogP contribution in [0.15, 0.2) is 0 Å². The predicted octanol–water partition coefficient (Wildman–Crippen LogP) is 3.67. The standard InChI is InChI=1S/C12H22O/c1-2-3-4-6-9-12-10-7-5-8-11(12)13-12/h11H,2-10H2,1H3. The lowest BCUT2D eigenvalue weighted by molar-refractivity contribution is 0.265. The Labute approximate surface area is 81.9 Å². The van der Waals surface area contributed by atoms with Gasteiger partial charge in [0.2, 0.25) is 0 Å². The molecule has 0 aromatic carbocycles. The van der Waals surface area contributed by atoms with Crippen molar-refractivity contribution < 1.29 is 4.74 Å². The van der Waals surface area contributed by atoms with Gasteiger partial charge >= 0.3 is 0 Å². The summed E-state index contributed by atoms with van der Waals surface area (Å²) in [7, 11) is 0. The number of fused-ring (bicyclic) bond motifs is 1. The molecule has 0 amide bonds. The van der Waals surface area contributed by atoms with Crippen LogP contribution in [0, 0.1) is 0 Å². The van der Waals surface area contributed by atoms with Crippen LogP contribution in [0.25, 0.3) is 0 Å². The molecule has 0 radical (unpaired) electrons. The van der Waals surface area contributed by atoms with E-state index in [-0.39, 0.29) is 0 Å². The fourth-order valence-electron chi connectivity index (χ4n) is 2.74. The van der Waals surface area contributed by atoms with E-state index >= 15 is 0 Å². The number of epoxide rings is 1. The second kappa shape index (κ2) is 4.00. The van der Waals surface area contributed by atoms with Crippen molar-refractivity contribution in [1.29, 1.82) is 0 Å². The van der Waals surface area contributed by atoms with Crippen LogP contribution in [0.4, 0.5) is 0 Å². The molecule has 1 saturated heterocycles. The van der Waals surface area contributed by atoms with Crippen LogP contribution in [0.5, 0.6) is 0 Å². The summed E-state index contributed by atoms with van der Waals surface area (Å²) in [6.45, 7) is 2.27. The molecule has 1 aliphatic heterocycles. The smallest absolute Gasteiger partial charge is 0.0948 e. The Morgan fingerprint density at radius 2 is 2.15 bits per heavy atom. The summed E-state index contributed by atoms with van der Waals surface area (Å²) in [5, 5.41) is 0. The summed E-state index contributed by atoms with van der Waals surface area (Å²) >= 11 is 0. The maximum absolute atomic E-state index is 5.85. The van der Waals surface area contributed by atoms with Crippen LogP contribution in [-0.2, 0) is 4.74 Å². The fraction of sp³-hybridized carbons (Fsp3) is 1.00. The van der Waals surface area contributed by atoms with Crippen molar-refractivity contribution in [1.82, 2.24) is 0 Å². The molecular formula is C12H22O. The predicted molar refractivity (Wildman–Crippen MR) is 54.8 cm³/mol. The van der Waals surface area contributed by atoms with Gasteiger partial charge in [-0.1, -0.05) is 45.4 Å². The fourth-order valence-corrected chi connectivity index (χ4v) is 2.74. The van der Waals surface area contributed by atoms with E-state index in [1.807, 2.05) is 0 Å². The highest BCUT2D eigenvalue weighted by Gasteiger charge is 2.55. The Morgan fingerprint density at radius 3 is 2.92 bits per heavy atom. The summed E-state index contributed by atoms with van der Waals surface area (Å²) in [6.07, 6.45) is 13.1. The summed E-state index contributed by atoms with van der Waals surface area (Å²) < 4.78 is 5.85. The van der Waals surface area contributed by atoms with Gasteiger partial charge in [0.1, 0.15) is 0 Å². The van der Waals surface area contributed by atoms with Gasteiger partial charge in [-0.2, -0.15) is 0 Å². The molecule has 0 aromatic heterocycles. The summed E-state index contributed by atoms with van der Waals surface area (Å²) in [6, 6.07) is 0. The van der Waals surface area contributed by atoms with E-state index in [1.54, 1.807) is 0 Å². The second-order valence-corrected chi connectivity index (χ2v) is 4.73. The molecule has 2 rings (SSSR count). The number of rotatable bonds is 5. The van der Waals surface area contributed by atoms with Gasteiger partial charge in [0.15, 0.2) is 0 Å². The zero-order valence-electron chi connectivity index (χ0n) is 8.85. The van der Waals surface area contributed by atoms with E-state index in [9.17, 15) is 0 Å². The molecule has 2 fully saturated rings. The van der Waals surface area contributed by atoms with Crippen molar-refractivity contribution in [3.8, 4) is 0 Å². The molecule has 1 nitrogen and oxygen atoms in total. The molecule has 1 heterocycles. The van der Waals surface area contributed by atoms with E-state index in [4.69, 9.17) is 4.74 Å². The van der Waals surface area contributed by atoms with Gasteiger partial charge in [0.05, 0.1) is 11.7 Å². The molecule has 76 valence electrons. The summed E-state index contributed by atoms with van der Waals surface area (Å²) in [5.41, 5.74) is 0.395. The first-order valence-corrected chi connectivity index (χ1v) is 6.05. The van der Waals surface area contributed by atoms with Crippen molar-refractivity contribution >= 4 is 0 Å². The van der Waals surface area contributed by atoms with Crippen LogP contribution in [0.3, 0.4) is 0 Å². The highest BCUT2D eigenvalue weighted by Crippen LogP contribution is 2.50. The van der Waals surface area contributed by atoms with Gasteiger partial charge in [-0.05, 0) is 19.3 Å². The van der Waals surface area contributed by atoms with Crippen molar-refractivity contribution in [2.45, 2.75) is 76.4 Å². The maximum atomic E-state index is 5.85. The highest BCUT2D eigenvalue weighted by molar-refractivity contribution is 5.04. The minimum atomic E-state index is 0.395. The van der Waals surface area contributed by atoms with E-state index in [0.717, 1.165) is 0 Å². The zero-order chi connectivity index (χ0) is 9.15. The Balaban J connectivity index is 1.64. The van der Waals surface area contributed by atoms with Gasteiger partial charge in [-0.15, -0.1) is 0 Å². The third-order valence-corrected chi connectivity index (χ3v) is 3.68. The molecular weight excluding hydrogens is 160 g/mol. The van der Waals surface area contributed by atoms with Gasteiger partial charge in [0.25, 0.3) is 0 Å². The van der Waals surface area contributed by atoms with Crippen LogP contribution in [-0.4, -0.2) is 11.7 Å². The average molecular weight is 182 g/mol. The molecule has 0 aromatic rings. The first-order valence-electron chi connectivity index (χ1n) is 6.05. The number of ether oxygens (including phenoxy) is 1. The zero-order valence-corrected chi connectivity index (χ0v) is 8.85. The van der Waals surface area contributed by atoms with Crippen molar-refractivity contribution in [3.05, 3.63) is 0 Å². The molecule has 1 saturated carbocycles. The van der Waals surface area contributed by atoms with Crippen molar-refractivity contribution in [2.24, 2.45) is 0 Å². The molecule has 1 heteroatoms. The van der Waals surface area contributed by atoms with Gasteiger partial charge in [-0.25, -0.2) is 0 Å². The van der Waals surface area contributed by atoms with Gasteiger partial charge in [-0.3, -0.25) is 0 Å². The maximum Gasteiger partial charge on any atom is 0.0948 e. The van der Waals surface area contributed by atoms with Crippen LogP contribution >= 0.6 is 0 Å². The van der Waals surface area contributed by atoms with E-state index in [1.165, 1.54) is 57.8 Å². The normalized spacial score (nSPS) is 37.2. The van der Waals surface area contributed by atoms with Crippen molar-refractivity contribution in [2.75, 3.05) is 0 Å². The molecule has 2 atom stereocenters. The lowest BCUT2D eigenvalue weighted by Crippen LogP contribution is -2.18. The Kier molecular flexibility index (Phi) is 2.92. The minimum absolute atomic E-state index is 0.395. The highest BCUT2D eigenvalue weighted by atomic mass is 16.6. The molecule has 0 spiro atoms. The first-order chi connectivity index (χ1) is 6.37. The summed E-state index contributed by atoms with van der Waals surface area (Å²) in [4.78, 5) is 0. The third kappa shape index (κ3) is 2.07. The summed E-state index contributed by atoms with van der Waals surface area (Å²) in [5.74, 6) is 0. The van der Waals surface area contributed by atoms with Crippen LogP contribution in [0.2, 0.25) is 0 Å². The Bertz CT molecular complexity index is 167. The first kappa shape index (κ1) is 9.51. The monoisotopic (exact) mass is 182 g/mol.